The van der Waals surface area contributed by atoms with Crippen LogP contribution in [0.2, 0.25) is 0 Å². The molecule has 1 unspecified atom stereocenters. The number of nitrogens with zero attached hydrogens (tertiary/aromatic N) is 2. The number of urea groups is 1. The summed E-state index contributed by atoms with van der Waals surface area (Å²) in [6, 6.07) is 8.61. The smallest absolute Gasteiger partial charge is 0.322 e. The lowest BCUT2D eigenvalue weighted by Crippen LogP contribution is -2.47. The molecular weight excluding hydrogens is 324 g/mol. The fourth-order valence-electron chi connectivity index (χ4n) is 2.78. The highest BCUT2D eigenvalue weighted by Gasteiger charge is 2.34. The second-order valence-electron chi connectivity index (χ2n) is 5.72. The van der Waals surface area contributed by atoms with Crippen molar-refractivity contribution in [3.05, 3.63) is 46.4 Å². The second kappa shape index (κ2) is 7.44. The normalized spacial score (nSPS) is 16.9. The number of rotatable bonds is 4. The molecule has 126 valence electrons. The average molecular weight is 344 g/mol. The van der Waals surface area contributed by atoms with Gasteiger partial charge in [0.15, 0.2) is 0 Å². The highest BCUT2D eigenvalue weighted by atomic mass is 32.1. The number of nitrogens with one attached hydrogen (secondary N) is 2. The van der Waals surface area contributed by atoms with Crippen molar-refractivity contribution in [2.75, 3.05) is 11.9 Å². The van der Waals surface area contributed by atoms with Crippen LogP contribution < -0.4 is 10.6 Å². The lowest BCUT2D eigenvalue weighted by Gasteiger charge is -2.24. The Morgan fingerprint density at radius 2 is 2.12 bits per heavy atom. The molecule has 1 saturated heterocycles. The van der Waals surface area contributed by atoms with Crippen molar-refractivity contribution in [1.82, 2.24) is 15.2 Å². The zero-order chi connectivity index (χ0) is 16.9. The fourth-order valence-corrected chi connectivity index (χ4v) is 3.40. The number of carbonyl (C=O) groups is 2. The van der Waals surface area contributed by atoms with Gasteiger partial charge in [0.2, 0.25) is 5.91 Å². The van der Waals surface area contributed by atoms with Gasteiger partial charge in [-0.1, -0.05) is 18.2 Å². The van der Waals surface area contributed by atoms with Gasteiger partial charge in [-0.3, -0.25) is 4.79 Å². The van der Waals surface area contributed by atoms with Gasteiger partial charge in [0.05, 0.1) is 17.2 Å². The molecule has 3 amide bonds. The highest BCUT2D eigenvalue weighted by molar-refractivity contribution is 7.09. The minimum atomic E-state index is -0.423. The molecular formula is C17H20N4O2S. The molecule has 0 saturated carbocycles. The van der Waals surface area contributed by atoms with Gasteiger partial charge >= 0.3 is 6.03 Å². The van der Waals surface area contributed by atoms with E-state index in [1.807, 2.05) is 42.6 Å². The molecule has 0 aliphatic carbocycles. The van der Waals surface area contributed by atoms with Gasteiger partial charge in [0.1, 0.15) is 6.04 Å². The molecule has 2 N–H and O–H groups in total. The number of likely N-dealkylation sites (tertiary alicyclic amines) is 1. The third-order valence-electron chi connectivity index (χ3n) is 3.95. The topological polar surface area (TPSA) is 74.3 Å². The Balaban J connectivity index is 1.57. The lowest BCUT2D eigenvalue weighted by atomic mass is 10.2. The molecule has 6 nitrogen and oxygen atoms in total. The van der Waals surface area contributed by atoms with E-state index in [4.69, 9.17) is 0 Å². The lowest BCUT2D eigenvalue weighted by molar-refractivity contribution is -0.124. The minimum Gasteiger partial charge on any atom is -0.349 e. The van der Waals surface area contributed by atoms with Crippen LogP contribution in [0.5, 0.6) is 0 Å². The fraction of sp³-hybridized carbons (Fsp3) is 0.353. The third-order valence-corrected chi connectivity index (χ3v) is 4.77. The minimum absolute atomic E-state index is 0.124. The first-order valence-corrected chi connectivity index (χ1v) is 8.83. The van der Waals surface area contributed by atoms with E-state index in [-0.39, 0.29) is 11.9 Å². The number of para-hydroxylation sites is 1. The van der Waals surface area contributed by atoms with Gasteiger partial charge in [-0.25, -0.2) is 9.78 Å². The maximum absolute atomic E-state index is 12.4. The van der Waals surface area contributed by atoms with Crippen molar-refractivity contribution in [2.24, 2.45) is 0 Å². The van der Waals surface area contributed by atoms with Crippen molar-refractivity contribution in [2.45, 2.75) is 32.4 Å². The van der Waals surface area contributed by atoms with E-state index in [1.54, 1.807) is 16.2 Å². The van der Waals surface area contributed by atoms with E-state index >= 15 is 0 Å². The van der Waals surface area contributed by atoms with Gasteiger partial charge in [0.25, 0.3) is 0 Å². The molecule has 1 aliphatic heterocycles. The van der Waals surface area contributed by atoms with Gasteiger partial charge in [-0.15, -0.1) is 11.3 Å². The molecule has 7 heteroatoms. The predicted molar refractivity (Wildman–Crippen MR) is 93.9 cm³/mol. The number of aromatic nitrogens is 1. The van der Waals surface area contributed by atoms with Crippen LogP contribution in [0, 0.1) is 6.92 Å². The Bertz CT molecular complexity index is 716. The molecule has 1 aromatic carbocycles. The van der Waals surface area contributed by atoms with Crippen molar-refractivity contribution in [1.29, 1.82) is 0 Å². The van der Waals surface area contributed by atoms with Crippen LogP contribution in [-0.4, -0.2) is 34.4 Å². The summed E-state index contributed by atoms with van der Waals surface area (Å²) in [5, 5.41) is 8.64. The standard InChI is InChI=1S/C17H20N4O2S/c1-12-19-14(11-24-12)10-18-16(22)15-8-5-9-21(15)17(23)20-13-6-3-2-4-7-13/h2-4,6-7,11,15H,5,8-10H2,1H3,(H,18,22)(H,20,23). The number of anilines is 1. The second-order valence-corrected chi connectivity index (χ2v) is 6.79. The Morgan fingerprint density at radius 3 is 2.83 bits per heavy atom. The SMILES string of the molecule is Cc1nc(CNC(=O)C2CCCN2C(=O)Nc2ccccc2)cs1. The summed E-state index contributed by atoms with van der Waals surface area (Å²) in [5.41, 5.74) is 1.58. The van der Waals surface area contributed by atoms with E-state index in [0.717, 1.165) is 22.8 Å². The molecule has 1 aliphatic rings. The van der Waals surface area contributed by atoms with Crippen LogP contribution in [0.1, 0.15) is 23.5 Å². The van der Waals surface area contributed by atoms with Crippen molar-refractivity contribution >= 4 is 29.0 Å². The summed E-state index contributed by atoms with van der Waals surface area (Å²) in [6.45, 7) is 2.92. The number of hydrogen-bond acceptors (Lipinski definition) is 4. The van der Waals surface area contributed by atoms with E-state index in [0.29, 0.717) is 19.5 Å². The molecule has 0 bridgehead atoms. The van der Waals surface area contributed by atoms with Crippen molar-refractivity contribution in [3.8, 4) is 0 Å². The maximum atomic E-state index is 12.4. The molecule has 2 aromatic rings. The Kier molecular flexibility index (Phi) is 5.10. The van der Waals surface area contributed by atoms with Crippen LogP contribution in [0.15, 0.2) is 35.7 Å². The first-order chi connectivity index (χ1) is 11.6. The zero-order valence-corrected chi connectivity index (χ0v) is 14.3. The number of aryl methyl sites for hydroxylation is 1. The monoisotopic (exact) mass is 344 g/mol. The van der Waals surface area contributed by atoms with Crippen LogP contribution in [0.25, 0.3) is 0 Å². The summed E-state index contributed by atoms with van der Waals surface area (Å²) in [7, 11) is 0. The molecule has 24 heavy (non-hydrogen) atoms. The number of carbonyl (C=O) groups excluding carboxylic acids is 2. The van der Waals surface area contributed by atoms with Crippen LogP contribution in [0.4, 0.5) is 10.5 Å². The van der Waals surface area contributed by atoms with Gasteiger partial charge < -0.3 is 15.5 Å². The molecule has 1 fully saturated rings. The Labute approximate surface area is 144 Å². The summed E-state index contributed by atoms with van der Waals surface area (Å²) in [6.07, 6.45) is 1.51. The Morgan fingerprint density at radius 1 is 1.33 bits per heavy atom. The summed E-state index contributed by atoms with van der Waals surface area (Å²) in [4.78, 5) is 30.8. The highest BCUT2D eigenvalue weighted by Crippen LogP contribution is 2.19. The molecule has 2 heterocycles. The third kappa shape index (κ3) is 3.91. The van der Waals surface area contributed by atoms with E-state index < -0.39 is 6.04 Å². The number of hydrogen-bond donors (Lipinski definition) is 2. The quantitative estimate of drug-likeness (QED) is 0.895. The first-order valence-electron chi connectivity index (χ1n) is 7.95. The van der Waals surface area contributed by atoms with E-state index in [2.05, 4.69) is 15.6 Å². The molecule has 0 radical (unpaired) electrons. The van der Waals surface area contributed by atoms with Crippen molar-refractivity contribution < 1.29 is 9.59 Å². The van der Waals surface area contributed by atoms with Crippen LogP contribution in [-0.2, 0) is 11.3 Å². The molecule has 3 rings (SSSR count). The Hall–Kier alpha value is -2.41. The summed E-state index contributed by atoms with van der Waals surface area (Å²) < 4.78 is 0. The number of thiazole rings is 1. The molecule has 1 aromatic heterocycles. The van der Waals surface area contributed by atoms with Crippen molar-refractivity contribution in [3.63, 3.8) is 0 Å². The summed E-state index contributed by atoms with van der Waals surface area (Å²) in [5.74, 6) is -0.124. The molecule has 1 atom stereocenters. The van der Waals surface area contributed by atoms with E-state index in [1.165, 1.54) is 0 Å². The maximum Gasteiger partial charge on any atom is 0.322 e. The van der Waals surface area contributed by atoms with Gasteiger partial charge in [0, 0.05) is 17.6 Å². The van der Waals surface area contributed by atoms with Gasteiger partial charge in [-0.05, 0) is 31.9 Å². The largest absolute Gasteiger partial charge is 0.349 e. The van der Waals surface area contributed by atoms with Crippen LogP contribution in [0.3, 0.4) is 0 Å². The van der Waals surface area contributed by atoms with Gasteiger partial charge in [-0.2, -0.15) is 0 Å². The van der Waals surface area contributed by atoms with E-state index in [9.17, 15) is 9.59 Å². The molecule has 0 spiro atoms. The average Bonchev–Trinajstić information content (AvgIpc) is 3.22. The summed E-state index contributed by atoms with van der Waals surface area (Å²) >= 11 is 1.56. The first kappa shape index (κ1) is 16.4. The predicted octanol–water partition coefficient (Wildman–Crippen LogP) is 2.76. The number of benzene rings is 1. The van der Waals surface area contributed by atoms with Crippen LogP contribution >= 0.6 is 11.3 Å². The zero-order valence-electron chi connectivity index (χ0n) is 13.5. The number of amides is 3.